The number of benzene rings is 1. The topological polar surface area (TPSA) is 192 Å². The zero-order valence-corrected chi connectivity index (χ0v) is 24.4. The molecule has 12 heteroatoms. The lowest BCUT2D eigenvalue weighted by molar-refractivity contribution is -0.142. The van der Waals surface area contributed by atoms with Crippen LogP contribution in [0.2, 0.25) is 0 Å². The molecule has 0 fully saturated rings. The highest BCUT2D eigenvalue weighted by Crippen LogP contribution is 2.19. The van der Waals surface area contributed by atoms with Crippen LogP contribution in [0.1, 0.15) is 51.5 Å². The van der Waals surface area contributed by atoms with Gasteiger partial charge in [0.05, 0.1) is 6.04 Å². The molecule has 0 saturated heterocycles. The molecule has 1 aromatic heterocycles. The summed E-state index contributed by atoms with van der Waals surface area (Å²) in [6, 6.07) is 3.75. The number of nitrogens with one attached hydrogen (secondary N) is 4. The highest BCUT2D eigenvalue weighted by molar-refractivity contribution is 7.98. The van der Waals surface area contributed by atoms with Crippen molar-refractivity contribution in [1.29, 1.82) is 0 Å². The predicted molar refractivity (Wildman–Crippen MR) is 159 cm³/mol. The van der Waals surface area contributed by atoms with E-state index in [2.05, 4.69) is 20.9 Å². The first kappa shape index (κ1) is 33.1. The van der Waals surface area contributed by atoms with E-state index in [1.165, 1.54) is 0 Å². The van der Waals surface area contributed by atoms with E-state index in [0.717, 1.165) is 16.5 Å². The Morgan fingerprint density at radius 3 is 2.25 bits per heavy atom. The lowest BCUT2D eigenvalue weighted by atomic mass is 10.00. The van der Waals surface area contributed by atoms with E-state index < -0.39 is 47.9 Å². The molecule has 9 N–H and O–H groups in total. The maximum atomic E-state index is 13.6. The summed E-state index contributed by atoms with van der Waals surface area (Å²) in [5.41, 5.74) is 13.3. The number of carboxylic acid groups (broad SMARTS) is 1. The second kappa shape index (κ2) is 16.9. The third-order valence-corrected chi connectivity index (χ3v) is 7.25. The maximum Gasteiger partial charge on any atom is 0.326 e. The summed E-state index contributed by atoms with van der Waals surface area (Å²) in [7, 11) is 0. The Labute approximate surface area is 240 Å². The summed E-state index contributed by atoms with van der Waals surface area (Å²) < 4.78 is 0. The van der Waals surface area contributed by atoms with E-state index in [4.69, 9.17) is 11.5 Å². The maximum absolute atomic E-state index is 13.6. The van der Waals surface area contributed by atoms with Crippen LogP contribution in [0, 0.1) is 5.92 Å². The number of carbonyl (C=O) groups excluding carboxylic acids is 3. The molecule has 0 aliphatic carbocycles. The van der Waals surface area contributed by atoms with E-state index >= 15 is 0 Å². The number of nitrogens with two attached hydrogens (primary N) is 2. The van der Waals surface area contributed by atoms with Crippen molar-refractivity contribution in [2.45, 2.75) is 76.5 Å². The molecule has 2 aromatic rings. The fraction of sp³-hybridized carbons (Fsp3) is 0.571. The van der Waals surface area contributed by atoms with Gasteiger partial charge in [-0.25, -0.2) is 4.79 Å². The third kappa shape index (κ3) is 10.5. The number of hydrogen-bond donors (Lipinski definition) is 7. The molecule has 4 unspecified atom stereocenters. The quantitative estimate of drug-likeness (QED) is 0.130. The van der Waals surface area contributed by atoms with Gasteiger partial charge in [0.1, 0.15) is 18.1 Å². The van der Waals surface area contributed by atoms with Crippen molar-refractivity contribution in [2.24, 2.45) is 17.4 Å². The number of H-pyrrole nitrogens is 1. The highest BCUT2D eigenvalue weighted by Gasteiger charge is 2.31. The van der Waals surface area contributed by atoms with Gasteiger partial charge >= 0.3 is 5.97 Å². The first-order valence-electron chi connectivity index (χ1n) is 13.7. The van der Waals surface area contributed by atoms with Crippen LogP contribution in [0.15, 0.2) is 30.5 Å². The molecule has 40 heavy (non-hydrogen) atoms. The Bertz CT molecular complexity index is 1120. The predicted octanol–water partition coefficient (Wildman–Crippen LogP) is 1.50. The summed E-state index contributed by atoms with van der Waals surface area (Å²) in [5.74, 6) is -2.02. The fourth-order valence-electron chi connectivity index (χ4n) is 4.38. The van der Waals surface area contributed by atoms with E-state index in [1.54, 1.807) is 18.0 Å². The van der Waals surface area contributed by atoms with Crippen LogP contribution in [0.3, 0.4) is 0 Å². The number of aliphatic carboxylic acids is 1. The minimum atomic E-state index is -1.15. The number of rotatable bonds is 18. The first-order chi connectivity index (χ1) is 19.1. The van der Waals surface area contributed by atoms with Crippen LogP contribution in [-0.4, -0.2) is 76.5 Å². The summed E-state index contributed by atoms with van der Waals surface area (Å²) in [6.07, 6.45) is 6.04. The number of carbonyl (C=O) groups is 4. The Kier molecular flexibility index (Phi) is 14.0. The average molecular weight is 577 g/mol. The molecular formula is C28H44N6O5S. The minimum Gasteiger partial charge on any atom is -0.480 e. The highest BCUT2D eigenvalue weighted by atomic mass is 32.2. The lowest BCUT2D eigenvalue weighted by Crippen LogP contribution is -2.57. The van der Waals surface area contributed by atoms with E-state index in [0.29, 0.717) is 31.6 Å². The van der Waals surface area contributed by atoms with E-state index in [-0.39, 0.29) is 25.2 Å². The second-order valence-corrected chi connectivity index (χ2v) is 11.4. The van der Waals surface area contributed by atoms with Gasteiger partial charge in [0.2, 0.25) is 17.7 Å². The molecule has 1 aromatic carbocycles. The average Bonchev–Trinajstić information content (AvgIpc) is 3.32. The van der Waals surface area contributed by atoms with Gasteiger partial charge in [-0.15, -0.1) is 0 Å². The number of fused-ring (bicyclic) bond motifs is 1. The number of para-hydroxylation sites is 1. The number of aromatic nitrogens is 1. The molecule has 0 saturated carbocycles. The van der Waals surface area contributed by atoms with Crippen LogP contribution in [0.4, 0.5) is 0 Å². The summed E-state index contributed by atoms with van der Waals surface area (Å²) in [6.45, 7) is 4.23. The Morgan fingerprint density at radius 2 is 1.60 bits per heavy atom. The zero-order valence-electron chi connectivity index (χ0n) is 23.6. The van der Waals surface area contributed by atoms with Crippen molar-refractivity contribution in [1.82, 2.24) is 20.9 Å². The molecule has 3 amide bonds. The van der Waals surface area contributed by atoms with Crippen molar-refractivity contribution in [3.63, 3.8) is 0 Å². The van der Waals surface area contributed by atoms with Gasteiger partial charge in [-0.05, 0) is 68.2 Å². The number of carboxylic acids is 1. The normalized spacial score (nSPS) is 14.3. The Hall–Kier alpha value is -3.09. The van der Waals surface area contributed by atoms with Crippen molar-refractivity contribution < 1.29 is 24.3 Å². The van der Waals surface area contributed by atoms with Crippen LogP contribution in [0.5, 0.6) is 0 Å². The van der Waals surface area contributed by atoms with Gasteiger partial charge in [-0.1, -0.05) is 32.0 Å². The molecule has 0 bridgehead atoms. The van der Waals surface area contributed by atoms with Gasteiger partial charge in [-0.3, -0.25) is 14.4 Å². The summed E-state index contributed by atoms with van der Waals surface area (Å²) in [5, 5.41) is 18.6. The minimum absolute atomic E-state index is 0.0261. The molecule has 1 heterocycles. The molecule has 4 atom stereocenters. The van der Waals surface area contributed by atoms with Crippen molar-refractivity contribution in [2.75, 3.05) is 18.6 Å². The van der Waals surface area contributed by atoms with Gasteiger partial charge < -0.3 is 37.5 Å². The number of amides is 3. The standard InChI is InChI=1S/C28H44N6O5S/c1-17(2)14-23(26(36)32-22(28(38)39)10-6-7-12-29)34-27(37)24(33-25(35)20(30)11-13-40-3)15-18-16-31-21-9-5-4-8-19(18)21/h4-5,8-9,16-17,20,22-24,31H,6-7,10-15,29-30H2,1-3H3,(H,32,36)(H,33,35)(H,34,37)(H,38,39). The number of unbranched alkanes of at least 4 members (excludes halogenated alkanes) is 1. The molecular weight excluding hydrogens is 532 g/mol. The van der Waals surface area contributed by atoms with Crippen LogP contribution in [-0.2, 0) is 25.6 Å². The molecule has 2 rings (SSSR count). The molecule has 0 spiro atoms. The molecule has 0 aliphatic heterocycles. The monoisotopic (exact) mass is 576 g/mol. The van der Waals surface area contributed by atoms with Gasteiger partial charge in [-0.2, -0.15) is 11.8 Å². The fourth-order valence-corrected chi connectivity index (χ4v) is 4.87. The Morgan fingerprint density at radius 1 is 0.950 bits per heavy atom. The van der Waals surface area contributed by atoms with E-state index in [9.17, 15) is 24.3 Å². The molecule has 0 aliphatic rings. The van der Waals surface area contributed by atoms with Crippen molar-refractivity contribution in [3.8, 4) is 0 Å². The summed E-state index contributed by atoms with van der Waals surface area (Å²) in [4.78, 5) is 54.6. The largest absolute Gasteiger partial charge is 0.480 e. The van der Waals surface area contributed by atoms with Gasteiger partial charge in [0, 0.05) is 23.5 Å². The number of hydrogen-bond acceptors (Lipinski definition) is 7. The van der Waals surface area contributed by atoms with Crippen molar-refractivity contribution >= 4 is 46.4 Å². The zero-order chi connectivity index (χ0) is 29.7. The second-order valence-electron chi connectivity index (χ2n) is 10.4. The van der Waals surface area contributed by atoms with Crippen LogP contribution in [0.25, 0.3) is 10.9 Å². The van der Waals surface area contributed by atoms with Crippen molar-refractivity contribution in [3.05, 3.63) is 36.0 Å². The van der Waals surface area contributed by atoms with Crippen LogP contribution >= 0.6 is 11.8 Å². The van der Waals surface area contributed by atoms with Gasteiger partial charge in [0.15, 0.2) is 0 Å². The molecule has 11 nitrogen and oxygen atoms in total. The molecule has 0 radical (unpaired) electrons. The number of aromatic amines is 1. The SMILES string of the molecule is CSCCC(N)C(=O)NC(Cc1c[nH]c2ccccc12)C(=O)NC(CC(C)C)C(=O)NC(CCCCN)C(=O)O. The van der Waals surface area contributed by atoms with Gasteiger partial charge in [0.25, 0.3) is 0 Å². The third-order valence-electron chi connectivity index (χ3n) is 6.60. The molecule has 222 valence electrons. The lowest BCUT2D eigenvalue weighted by Gasteiger charge is -2.26. The number of thioether (sulfide) groups is 1. The van der Waals surface area contributed by atoms with E-state index in [1.807, 2.05) is 44.4 Å². The first-order valence-corrected chi connectivity index (χ1v) is 15.1. The Balaban J connectivity index is 2.26. The van der Waals surface area contributed by atoms with Crippen LogP contribution < -0.4 is 27.4 Å². The smallest absolute Gasteiger partial charge is 0.326 e. The summed E-state index contributed by atoms with van der Waals surface area (Å²) >= 11 is 1.57.